The summed E-state index contributed by atoms with van der Waals surface area (Å²) in [5.74, 6) is -0.607. The third-order valence-corrected chi connectivity index (χ3v) is 4.20. The Hall–Kier alpha value is -1.40. The van der Waals surface area contributed by atoms with E-state index in [0.717, 1.165) is 21.7 Å². The first kappa shape index (κ1) is 12.1. The minimum absolute atomic E-state index is 0.211. The van der Waals surface area contributed by atoms with E-state index in [1.807, 2.05) is 24.3 Å². The van der Waals surface area contributed by atoms with Crippen molar-refractivity contribution in [3.63, 3.8) is 0 Å². The van der Waals surface area contributed by atoms with Crippen molar-refractivity contribution in [2.75, 3.05) is 6.26 Å². The van der Waals surface area contributed by atoms with Crippen molar-refractivity contribution in [1.82, 2.24) is 4.31 Å². The summed E-state index contributed by atoms with van der Waals surface area (Å²) in [4.78, 5) is 11.3. The Kier molecular flexibility index (Phi) is 2.92. The highest BCUT2D eigenvalue weighted by atomic mass is 32.2. The number of fused-ring (bicyclic) bond motifs is 1. The number of sulfonamides is 1. The van der Waals surface area contributed by atoms with Crippen molar-refractivity contribution < 1.29 is 13.2 Å². The van der Waals surface area contributed by atoms with Crippen LogP contribution in [0.4, 0.5) is 0 Å². The standard InChI is InChI=1S/C11H14N2O3S/c1-17(15,16)13-7-9-5-3-2-4-8(9)6-10(13)11(12)14/h2-5,10H,6-7H2,1H3,(H2,12,14)/t10-/m0/s1. The lowest BCUT2D eigenvalue weighted by molar-refractivity contribution is -0.122. The van der Waals surface area contributed by atoms with Crippen LogP contribution in [0.3, 0.4) is 0 Å². The van der Waals surface area contributed by atoms with Crippen molar-refractivity contribution in [1.29, 1.82) is 0 Å². The molecule has 1 aromatic carbocycles. The van der Waals surface area contributed by atoms with Crippen LogP contribution >= 0.6 is 0 Å². The Morgan fingerprint density at radius 2 is 1.94 bits per heavy atom. The molecule has 1 aromatic rings. The van der Waals surface area contributed by atoms with Gasteiger partial charge in [0, 0.05) is 6.54 Å². The summed E-state index contributed by atoms with van der Waals surface area (Å²) in [6.45, 7) is 0.211. The molecule has 1 heterocycles. The van der Waals surface area contributed by atoms with Gasteiger partial charge in [0.15, 0.2) is 0 Å². The average molecular weight is 254 g/mol. The van der Waals surface area contributed by atoms with Crippen LogP contribution in [-0.2, 0) is 27.8 Å². The van der Waals surface area contributed by atoms with E-state index in [0.29, 0.717) is 6.42 Å². The minimum Gasteiger partial charge on any atom is -0.368 e. The molecule has 0 bridgehead atoms. The van der Waals surface area contributed by atoms with Crippen LogP contribution in [0, 0.1) is 0 Å². The van der Waals surface area contributed by atoms with Gasteiger partial charge in [-0.2, -0.15) is 4.31 Å². The Labute approximate surface area is 100 Å². The number of carbonyl (C=O) groups excluding carboxylic acids is 1. The lowest BCUT2D eigenvalue weighted by Crippen LogP contribution is -2.50. The van der Waals surface area contributed by atoms with Gasteiger partial charge in [-0.15, -0.1) is 0 Å². The third-order valence-electron chi connectivity index (χ3n) is 2.96. The van der Waals surface area contributed by atoms with Crippen molar-refractivity contribution in [3.8, 4) is 0 Å². The van der Waals surface area contributed by atoms with E-state index < -0.39 is 22.0 Å². The Bertz CT molecular complexity index is 554. The van der Waals surface area contributed by atoms with Crippen molar-refractivity contribution in [2.24, 2.45) is 5.73 Å². The van der Waals surface area contributed by atoms with E-state index >= 15 is 0 Å². The predicted octanol–water partition coefficient (Wildman–Crippen LogP) is -0.142. The Morgan fingerprint density at radius 3 is 2.47 bits per heavy atom. The first-order valence-electron chi connectivity index (χ1n) is 5.22. The quantitative estimate of drug-likeness (QED) is 0.797. The van der Waals surface area contributed by atoms with Gasteiger partial charge in [-0.3, -0.25) is 4.79 Å². The van der Waals surface area contributed by atoms with E-state index in [1.54, 1.807) is 0 Å². The molecule has 0 saturated carbocycles. The predicted molar refractivity (Wildman–Crippen MR) is 63.5 cm³/mol. The van der Waals surface area contributed by atoms with Crippen LogP contribution < -0.4 is 5.73 Å². The molecule has 0 aliphatic carbocycles. The monoisotopic (exact) mass is 254 g/mol. The van der Waals surface area contributed by atoms with Gasteiger partial charge >= 0.3 is 0 Å². The number of primary amides is 1. The molecule has 6 heteroatoms. The summed E-state index contributed by atoms with van der Waals surface area (Å²) in [5.41, 5.74) is 7.18. The number of hydrogen-bond donors (Lipinski definition) is 1. The zero-order valence-electron chi connectivity index (χ0n) is 9.46. The van der Waals surface area contributed by atoms with Gasteiger partial charge in [-0.25, -0.2) is 8.42 Å². The maximum absolute atomic E-state index is 11.6. The number of nitrogens with two attached hydrogens (primary N) is 1. The molecule has 0 radical (unpaired) electrons. The minimum atomic E-state index is -3.43. The fraction of sp³-hybridized carbons (Fsp3) is 0.364. The van der Waals surface area contributed by atoms with E-state index in [2.05, 4.69) is 0 Å². The number of benzene rings is 1. The highest BCUT2D eigenvalue weighted by Crippen LogP contribution is 2.24. The van der Waals surface area contributed by atoms with Crippen LogP contribution in [0.1, 0.15) is 11.1 Å². The molecule has 1 aliphatic rings. The van der Waals surface area contributed by atoms with Gasteiger partial charge in [0.25, 0.3) is 0 Å². The summed E-state index contributed by atoms with van der Waals surface area (Å²) in [5, 5.41) is 0. The van der Waals surface area contributed by atoms with Gasteiger partial charge in [0.05, 0.1) is 6.26 Å². The Morgan fingerprint density at radius 1 is 1.35 bits per heavy atom. The van der Waals surface area contributed by atoms with E-state index in [9.17, 15) is 13.2 Å². The second-order valence-corrected chi connectivity index (χ2v) is 6.13. The summed E-state index contributed by atoms with van der Waals surface area (Å²) >= 11 is 0. The Balaban J connectivity index is 2.45. The lowest BCUT2D eigenvalue weighted by atomic mass is 9.96. The topological polar surface area (TPSA) is 80.5 Å². The van der Waals surface area contributed by atoms with Gasteiger partial charge in [-0.1, -0.05) is 24.3 Å². The SMILES string of the molecule is CS(=O)(=O)N1Cc2ccccc2C[C@H]1C(N)=O. The summed E-state index contributed by atoms with van der Waals surface area (Å²) in [7, 11) is -3.43. The van der Waals surface area contributed by atoms with Crippen LogP contribution in [0.5, 0.6) is 0 Å². The van der Waals surface area contributed by atoms with Crippen LogP contribution in [0.15, 0.2) is 24.3 Å². The third kappa shape index (κ3) is 2.32. The number of hydrogen-bond acceptors (Lipinski definition) is 3. The lowest BCUT2D eigenvalue weighted by Gasteiger charge is -2.32. The molecule has 0 unspecified atom stereocenters. The first-order valence-corrected chi connectivity index (χ1v) is 7.07. The van der Waals surface area contributed by atoms with Crippen molar-refractivity contribution in [3.05, 3.63) is 35.4 Å². The number of amides is 1. The van der Waals surface area contributed by atoms with Crippen LogP contribution in [-0.4, -0.2) is 30.9 Å². The molecular weight excluding hydrogens is 240 g/mol. The van der Waals surface area contributed by atoms with E-state index in [1.165, 1.54) is 0 Å². The molecule has 5 nitrogen and oxygen atoms in total. The molecule has 1 atom stereocenters. The van der Waals surface area contributed by atoms with Gasteiger partial charge in [0.1, 0.15) is 6.04 Å². The summed E-state index contributed by atoms with van der Waals surface area (Å²) in [6, 6.07) is 6.70. The van der Waals surface area contributed by atoms with Gasteiger partial charge in [0.2, 0.25) is 15.9 Å². The zero-order chi connectivity index (χ0) is 12.6. The zero-order valence-corrected chi connectivity index (χ0v) is 10.3. The maximum atomic E-state index is 11.6. The molecule has 2 rings (SSSR count). The van der Waals surface area contributed by atoms with Crippen molar-refractivity contribution in [2.45, 2.75) is 19.0 Å². The summed E-state index contributed by atoms with van der Waals surface area (Å²) < 4.78 is 24.4. The second-order valence-electron chi connectivity index (χ2n) is 4.20. The number of nitrogens with zero attached hydrogens (tertiary/aromatic N) is 1. The van der Waals surface area contributed by atoms with Crippen LogP contribution in [0.2, 0.25) is 0 Å². The molecule has 2 N–H and O–H groups in total. The molecule has 1 amide bonds. The maximum Gasteiger partial charge on any atom is 0.236 e. The van der Waals surface area contributed by atoms with Gasteiger partial charge in [-0.05, 0) is 17.5 Å². The molecule has 1 aliphatic heterocycles. The van der Waals surface area contributed by atoms with Gasteiger partial charge < -0.3 is 5.73 Å². The molecule has 92 valence electrons. The molecule has 17 heavy (non-hydrogen) atoms. The first-order chi connectivity index (χ1) is 7.89. The largest absolute Gasteiger partial charge is 0.368 e. The van der Waals surface area contributed by atoms with E-state index in [-0.39, 0.29) is 6.54 Å². The van der Waals surface area contributed by atoms with E-state index in [4.69, 9.17) is 5.73 Å². The summed E-state index contributed by atoms with van der Waals surface area (Å²) in [6.07, 6.45) is 1.44. The molecule has 0 fully saturated rings. The molecule has 0 spiro atoms. The van der Waals surface area contributed by atoms with Crippen molar-refractivity contribution >= 4 is 15.9 Å². The highest BCUT2D eigenvalue weighted by Gasteiger charge is 2.35. The fourth-order valence-corrected chi connectivity index (χ4v) is 3.10. The van der Waals surface area contributed by atoms with Crippen LogP contribution in [0.25, 0.3) is 0 Å². The number of carbonyl (C=O) groups is 1. The molecule has 0 aromatic heterocycles. The molecular formula is C11H14N2O3S. The normalized spacial score (nSPS) is 20.9. The average Bonchev–Trinajstić information content (AvgIpc) is 2.26. The smallest absolute Gasteiger partial charge is 0.236 e. The highest BCUT2D eigenvalue weighted by molar-refractivity contribution is 7.88. The second kappa shape index (κ2) is 4.12. The molecule has 0 saturated heterocycles. The number of rotatable bonds is 2. The fourth-order valence-electron chi connectivity index (χ4n) is 2.09.